The third kappa shape index (κ3) is 5.49. The SMILES string of the molecule is CC.CS(=O)NC1C=CCCC1. The third-order valence-corrected chi connectivity index (χ3v) is 2.21. The van der Waals surface area contributed by atoms with E-state index in [1.54, 1.807) is 6.26 Å². The maximum atomic E-state index is 10.7. The lowest BCUT2D eigenvalue weighted by Gasteiger charge is -2.15. The van der Waals surface area contributed by atoms with E-state index in [0.29, 0.717) is 6.04 Å². The van der Waals surface area contributed by atoms with Crippen molar-refractivity contribution < 1.29 is 4.21 Å². The van der Waals surface area contributed by atoms with E-state index in [9.17, 15) is 4.21 Å². The fraction of sp³-hybridized carbons (Fsp3) is 0.778. The summed E-state index contributed by atoms with van der Waals surface area (Å²) in [7, 11) is -0.864. The summed E-state index contributed by atoms with van der Waals surface area (Å²) in [5.74, 6) is 0. The monoisotopic (exact) mass is 189 g/mol. The molecule has 0 fully saturated rings. The van der Waals surface area contributed by atoms with E-state index >= 15 is 0 Å². The van der Waals surface area contributed by atoms with Crippen molar-refractivity contribution in [2.45, 2.75) is 39.2 Å². The first kappa shape index (κ1) is 11.8. The zero-order valence-electron chi connectivity index (χ0n) is 8.17. The Labute approximate surface area is 78.0 Å². The zero-order valence-corrected chi connectivity index (χ0v) is 8.99. The van der Waals surface area contributed by atoms with Gasteiger partial charge in [-0.2, -0.15) is 0 Å². The summed E-state index contributed by atoms with van der Waals surface area (Å²) in [5.41, 5.74) is 0. The predicted octanol–water partition coefficient (Wildman–Crippen LogP) is 2.00. The molecule has 2 atom stereocenters. The topological polar surface area (TPSA) is 29.1 Å². The van der Waals surface area contributed by atoms with E-state index < -0.39 is 11.0 Å². The zero-order chi connectivity index (χ0) is 9.40. The van der Waals surface area contributed by atoms with Crippen molar-refractivity contribution in [3.05, 3.63) is 12.2 Å². The van der Waals surface area contributed by atoms with Crippen molar-refractivity contribution in [2.75, 3.05) is 6.26 Å². The summed E-state index contributed by atoms with van der Waals surface area (Å²) in [6.45, 7) is 4.00. The molecule has 12 heavy (non-hydrogen) atoms. The van der Waals surface area contributed by atoms with Crippen molar-refractivity contribution in [1.82, 2.24) is 4.72 Å². The lowest BCUT2D eigenvalue weighted by molar-refractivity contribution is 0.599. The molecule has 0 radical (unpaired) electrons. The first-order chi connectivity index (χ1) is 5.79. The van der Waals surface area contributed by atoms with Crippen molar-refractivity contribution in [1.29, 1.82) is 0 Å². The lowest BCUT2D eigenvalue weighted by atomic mass is 10.0. The van der Waals surface area contributed by atoms with E-state index in [0.717, 1.165) is 6.42 Å². The quantitative estimate of drug-likeness (QED) is 0.661. The third-order valence-electron chi connectivity index (χ3n) is 1.57. The lowest BCUT2D eigenvalue weighted by Crippen LogP contribution is -2.29. The Morgan fingerprint density at radius 2 is 2.17 bits per heavy atom. The number of nitrogens with one attached hydrogen (secondary N) is 1. The molecular weight excluding hydrogens is 170 g/mol. The van der Waals surface area contributed by atoms with Crippen LogP contribution in [-0.2, 0) is 11.0 Å². The summed E-state index contributed by atoms with van der Waals surface area (Å²) >= 11 is 0. The Balaban J connectivity index is 0.000000561. The van der Waals surface area contributed by atoms with Gasteiger partial charge in [0.25, 0.3) is 0 Å². The molecule has 1 N–H and O–H groups in total. The smallest absolute Gasteiger partial charge is 0.0889 e. The van der Waals surface area contributed by atoms with Gasteiger partial charge in [0, 0.05) is 12.3 Å². The van der Waals surface area contributed by atoms with Crippen LogP contribution in [0.4, 0.5) is 0 Å². The van der Waals surface area contributed by atoms with Gasteiger partial charge < -0.3 is 0 Å². The molecule has 0 spiro atoms. The minimum Gasteiger partial charge on any atom is -0.243 e. The first-order valence-electron chi connectivity index (χ1n) is 4.55. The van der Waals surface area contributed by atoms with E-state index in [2.05, 4.69) is 16.9 Å². The first-order valence-corrected chi connectivity index (χ1v) is 6.11. The van der Waals surface area contributed by atoms with Gasteiger partial charge in [-0.25, -0.2) is 8.93 Å². The standard InChI is InChI=1S/C7H13NOS.C2H6/c1-10(9)8-7-5-3-2-4-6-7;1-2/h3,5,7-8H,2,4,6H2,1H3;1-2H3. The predicted molar refractivity (Wildman–Crippen MR) is 55.3 cm³/mol. The average Bonchev–Trinajstić information content (AvgIpc) is 2.08. The van der Waals surface area contributed by atoms with Crippen molar-refractivity contribution >= 4 is 11.0 Å². The number of hydrogen-bond acceptors (Lipinski definition) is 1. The van der Waals surface area contributed by atoms with E-state index in [1.807, 2.05) is 13.8 Å². The molecule has 1 rings (SSSR count). The molecular formula is C9H19NOS. The molecule has 1 aliphatic carbocycles. The maximum Gasteiger partial charge on any atom is 0.0889 e. The van der Waals surface area contributed by atoms with Crippen LogP contribution in [0.1, 0.15) is 33.1 Å². The van der Waals surface area contributed by atoms with Gasteiger partial charge in [0.15, 0.2) is 0 Å². The summed E-state index contributed by atoms with van der Waals surface area (Å²) in [5, 5.41) is 0. The Bertz CT molecular complexity index is 157. The van der Waals surface area contributed by atoms with Gasteiger partial charge in [-0.15, -0.1) is 0 Å². The second-order valence-electron chi connectivity index (χ2n) is 2.54. The second-order valence-corrected chi connectivity index (χ2v) is 3.68. The van der Waals surface area contributed by atoms with Crippen LogP contribution in [0, 0.1) is 0 Å². The van der Waals surface area contributed by atoms with Gasteiger partial charge in [0.1, 0.15) is 0 Å². The molecule has 0 aromatic rings. The second kappa shape index (κ2) is 7.50. The number of rotatable bonds is 2. The Morgan fingerprint density at radius 3 is 2.58 bits per heavy atom. The van der Waals surface area contributed by atoms with Crippen LogP contribution >= 0.6 is 0 Å². The van der Waals surface area contributed by atoms with Gasteiger partial charge in [0.05, 0.1) is 11.0 Å². The molecule has 0 aromatic heterocycles. The molecule has 2 nitrogen and oxygen atoms in total. The van der Waals surface area contributed by atoms with Crippen molar-refractivity contribution in [2.24, 2.45) is 0 Å². The summed E-state index contributed by atoms with van der Waals surface area (Å²) in [4.78, 5) is 0. The van der Waals surface area contributed by atoms with Crippen LogP contribution in [0.25, 0.3) is 0 Å². The molecule has 0 bridgehead atoms. The van der Waals surface area contributed by atoms with E-state index in [1.165, 1.54) is 12.8 Å². The van der Waals surface area contributed by atoms with Crippen molar-refractivity contribution in [3.8, 4) is 0 Å². The summed E-state index contributed by atoms with van der Waals surface area (Å²) in [6.07, 6.45) is 9.43. The van der Waals surface area contributed by atoms with Gasteiger partial charge in [-0.05, 0) is 19.3 Å². The normalized spacial score (nSPS) is 24.1. The Morgan fingerprint density at radius 1 is 1.50 bits per heavy atom. The van der Waals surface area contributed by atoms with Crippen LogP contribution in [0.5, 0.6) is 0 Å². The Kier molecular flexibility index (Phi) is 7.40. The molecule has 0 saturated carbocycles. The van der Waals surface area contributed by atoms with Crippen LogP contribution in [0.3, 0.4) is 0 Å². The maximum absolute atomic E-state index is 10.7. The van der Waals surface area contributed by atoms with Gasteiger partial charge in [-0.1, -0.05) is 26.0 Å². The molecule has 1 aliphatic rings. The van der Waals surface area contributed by atoms with Gasteiger partial charge >= 0.3 is 0 Å². The molecule has 0 aliphatic heterocycles. The van der Waals surface area contributed by atoms with Crippen LogP contribution in [0.2, 0.25) is 0 Å². The van der Waals surface area contributed by atoms with Crippen molar-refractivity contribution in [3.63, 3.8) is 0 Å². The number of hydrogen-bond donors (Lipinski definition) is 1. The average molecular weight is 189 g/mol. The highest BCUT2D eigenvalue weighted by molar-refractivity contribution is 7.82. The van der Waals surface area contributed by atoms with Crippen LogP contribution < -0.4 is 4.72 Å². The van der Waals surface area contributed by atoms with E-state index in [-0.39, 0.29) is 0 Å². The minimum atomic E-state index is -0.864. The minimum absolute atomic E-state index is 0.347. The number of allylic oxidation sites excluding steroid dienone is 1. The van der Waals surface area contributed by atoms with Crippen LogP contribution in [0.15, 0.2) is 12.2 Å². The summed E-state index contributed by atoms with van der Waals surface area (Å²) in [6, 6.07) is 0.347. The molecule has 72 valence electrons. The highest BCUT2D eigenvalue weighted by Gasteiger charge is 2.07. The highest BCUT2D eigenvalue weighted by atomic mass is 32.2. The molecule has 0 heterocycles. The molecule has 0 saturated heterocycles. The molecule has 3 heteroatoms. The molecule has 0 aromatic carbocycles. The van der Waals surface area contributed by atoms with Gasteiger partial charge in [0.2, 0.25) is 0 Å². The summed E-state index contributed by atoms with van der Waals surface area (Å²) < 4.78 is 13.6. The van der Waals surface area contributed by atoms with Gasteiger partial charge in [-0.3, -0.25) is 0 Å². The van der Waals surface area contributed by atoms with E-state index in [4.69, 9.17) is 0 Å². The highest BCUT2D eigenvalue weighted by Crippen LogP contribution is 2.09. The Hall–Kier alpha value is -0.150. The largest absolute Gasteiger partial charge is 0.243 e. The molecule has 2 unspecified atom stereocenters. The molecule has 0 amide bonds. The van der Waals surface area contributed by atoms with Crippen LogP contribution in [-0.4, -0.2) is 16.5 Å². The fourth-order valence-electron chi connectivity index (χ4n) is 1.12. The fourth-order valence-corrected chi connectivity index (χ4v) is 1.75.